The summed E-state index contributed by atoms with van der Waals surface area (Å²) in [4.78, 5) is 1.77. The lowest BCUT2D eigenvalue weighted by atomic mass is 9.76. The molecule has 4 nitrogen and oxygen atoms in total. The van der Waals surface area contributed by atoms with Gasteiger partial charge in [0.25, 0.3) is 0 Å². The number of benzene rings is 1. The Morgan fingerprint density at radius 3 is 2.55 bits per heavy atom. The molecular formula is C15H19BrN4. The molecule has 20 heavy (non-hydrogen) atoms. The number of hydrogen-bond donors (Lipinski definition) is 0. The van der Waals surface area contributed by atoms with Gasteiger partial charge in [-0.05, 0) is 18.1 Å². The first-order valence-corrected chi connectivity index (χ1v) is 8.33. The van der Waals surface area contributed by atoms with Gasteiger partial charge in [0.1, 0.15) is 0 Å². The van der Waals surface area contributed by atoms with Crippen LogP contribution in [0.4, 0.5) is 0 Å². The molecule has 1 aliphatic carbocycles. The number of aromatic nitrogens is 4. The Hall–Kier alpha value is -1.23. The summed E-state index contributed by atoms with van der Waals surface area (Å²) < 4.78 is 0. The second-order valence-corrected chi connectivity index (χ2v) is 6.26. The smallest absolute Gasteiger partial charge is 0.163 e. The van der Waals surface area contributed by atoms with Gasteiger partial charge in [-0.3, -0.25) is 0 Å². The summed E-state index contributed by atoms with van der Waals surface area (Å²) in [6, 6.07) is 10.0. The molecule has 1 aliphatic rings. The second kappa shape index (κ2) is 6.04. The van der Waals surface area contributed by atoms with E-state index in [-0.39, 0.29) is 0 Å². The van der Waals surface area contributed by atoms with Gasteiger partial charge in [0.15, 0.2) is 0 Å². The van der Waals surface area contributed by atoms with Crippen molar-refractivity contribution in [2.45, 2.75) is 38.6 Å². The Morgan fingerprint density at radius 2 is 1.85 bits per heavy atom. The van der Waals surface area contributed by atoms with Crippen LogP contribution in [0.3, 0.4) is 0 Å². The topological polar surface area (TPSA) is 43.6 Å². The van der Waals surface area contributed by atoms with Crippen molar-refractivity contribution >= 4 is 15.9 Å². The fourth-order valence-electron chi connectivity index (χ4n) is 2.95. The maximum Gasteiger partial charge on any atom is 0.204 e. The Morgan fingerprint density at radius 1 is 1.10 bits per heavy atom. The summed E-state index contributed by atoms with van der Waals surface area (Å²) in [5, 5.41) is 14.0. The summed E-state index contributed by atoms with van der Waals surface area (Å²) in [5.74, 6) is 0.714. The molecule has 2 aromatic rings. The van der Waals surface area contributed by atoms with E-state index >= 15 is 0 Å². The fraction of sp³-hybridized carbons (Fsp3) is 0.533. The third kappa shape index (κ3) is 2.92. The molecule has 0 atom stereocenters. The molecular weight excluding hydrogens is 316 g/mol. The van der Waals surface area contributed by atoms with Crippen LogP contribution in [0.2, 0.25) is 0 Å². The Bertz CT molecular complexity index is 546. The van der Waals surface area contributed by atoms with Gasteiger partial charge in [-0.2, -0.15) is 4.80 Å². The minimum Gasteiger partial charge on any atom is -0.163 e. The molecule has 3 rings (SSSR count). The van der Waals surface area contributed by atoms with Crippen LogP contribution in [0.1, 0.15) is 32.1 Å². The van der Waals surface area contributed by atoms with E-state index in [0.29, 0.717) is 11.2 Å². The highest BCUT2D eigenvalue weighted by molar-refractivity contribution is 9.09. The average molecular weight is 335 g/mol. The van der Waals surface area contributed by atoms with Gasteiger partial charge in [0.2, 0.25) is 5.82 Å². The molecule has 1 aromatic heterocycles. The molecule has 0 saturated heterocycles. The number of hydrogen-bond acceptors (Lipinski definition) is 3. The average Bonchev–Trinajstić information content (AvgIpc) is 2.97. The minimum absolute atomic E-state index is 0.299. The normalized spacial score (nSPS) is 18.1. The lowest BCUT2D eigenvalue weighted by molar-refractivity contribution is 0.173. The summed E-state index contributed by atoms with van der Waals surface area (Å²) >= 11 is 3.69. The van der Waals surface area contributed by atoms with E-state index in [1.54, 1.807) is 4.80 Å². The molecule has 0 radical (unpaired) electrons. The second-order valence-electron chi connectivity index (χ2n) is 5.70. The third-order valence-electron chi connectivity index (χ3n) is 4.16. The first-order chi connectivity index (χ1) is 9.81. The van der Waals surface area contributed by atoms with Crippen molar-refractivity contribution in [3.8, 4) is 11.4 Å². The number of rotatable bonds is 4. The van der Waals surface area contributed by atoms with Gasteiger partial charge in [0, 0.05) is 16.3 Å². The molecule has 0 spiro atoms. The first kappa shape index (κ1) is 13.7. The zero-order valence-electron chi connectivity index (χ0n) is 11.5. The van der Waals surface area contributed by atoms with Crippen molar-refractivity contribution in [2.75, 3.05) is 5.33 Å². The zero-order valence-corrected chi connectivity index (χ0v) is 13.1. The predicted molar refractivity (Wildman–Crippen MR) is 82.6 cm³/mol. The van der Waals surface area contributed by atoms with E-state index < -0.39 is 0 Å². The Balaban J connectivity index is 1.77. The minimum atomic E-state index is 0.299. The van der Waals surface area contributed by atoms with Gasteiger partial charge in [-0.25, -0.2) is 0 Å². The van der Waals surface area contributed by atoms with Crippen LogP contribution in [0, 0.1) is 5.41 Å². The standard InChI is InChI=1S/C15H19BrN4/c16-11-15(9-5-2-6-10-15)12-20-18-14(17-19-20)13-7-3-1-4-8-13/h1,3-4,7-8H,2,5-6,9-12H2. The van der Waals surface area contributed by atoms with E-state index in [4.69, 9.17) is 0 Å². The van der Waals surface area contributed by atoms with Gasteiger partial charge < -0.3 is 0 Å². The maximum absolute atomic E-state index is 4.54. The van der Waals surface area contributed by atoms with Crippen LogP contribution >= 0.6 is 15.9 Å². The Labute approximate surface area is 127 Å². The van der Waals surface area contributed by atoms with Crippen LogP contribution in [-0.2, 0) is 6.54 Å². The van der Waals surface area contributed by atoms with Crippen molar-refractivity contribution < 1.29 is 0 Å². The zero-order chi connectivity index (χ0) is 13.8. The molecule has 0 aliphatic heterocycles. The molecule has 5 heteroatoms. The number of alkyl halides is 1. The summed E-state index contributed by atoms with van der Waals surface area (Å²) in [6.07, 6.45) is 6.48. The van der Waals surface area contributed by atoms with Crippen molar-refractivity contribution in [1.29, 1.82) is 0 Å². The van der Waals surface area contributed by atoms with E-state index in [1.165, 1.54) is 32.1 Å². The van der Waals surface area contributed by atoms with Gasteiger partial charge >= 0.3 is 0 Å². The molecule has 1 heterocycles. The van der Waals surface area contributed by atoms with E-state index in [1.807, 2.05) is 30.3 Å². The van der Waals surface area contributed by atoms with E-state index in [2.05, 4.69) is 31.3 Å². The quantitative estimate of drug-likeness (QED) is 0.801. The molecule has 0 amide bonds. The molecule has 0 bridgehead atoms. The third-order valence-corrected chi connectivity index (χ3v) is 5.35. The van der Waals surface area contributed by atoms with Crippen LogP contribution in [0.5, 0.6) is 0 Å². The van der Waals surface area contributed by atoms with Crippen LogP contribution in [0.25, 0.3) is 11.4 Å². The van der Waals surface area contributed by atoms with E-state index in [0.717, 1.165) is 17.4 Å². The summed E-state index contributed by atoms with van der Waals surface area (Å²) in [7, 11) is 0. The number of tetrazole rings is 1. The van der Waals surface area contributed by atoms with Crippen molar-refractivity contribution in [1.82, 2.24) is 20.2 Å². The highest BCUT2D eigenvalue weighted by Crippen LogP contribution is 2.39. The maximum atomic E-state index is 4.54. The molecule has 0 unspecified atom stereocenters. The fourth-order valence-corrected chi connectivity index (χ4v) is 3.69. The van der Waals surface area contributed by atoms with Crippen LogP contribution in [0.15, 0.2) is 30.3 Å². The van der Waals surface area contributed by atoms with Crippen molar-refractivity contribution in [3.63, 3.8) is 0 Å². The molecule has 1 aromatic carbocycles. The van der Waals surface area contributed by atoms with E-state index in [9.17, 15) is 0 Å². The highest BCUT2D eigenvalue weighted by atomic mass is 79.9. The van der Waals surface area contributed by atoms with Crippen LogP contribution in [-0.4, -0.2) is 25.5 Å². The SMILES string of the molecule is BrCC1(Cn2nnc(-c3ccccc3)n2)CCCCC1. The van der Waals surface area contributed by atoms with Gasteiger partial charge in [0.05, 0.1) is 6.54 Å². The van der Waals surface area contributed by atoms with Gasteiger partial charge in [-0.1, -0.05) is 65.5 Å². The largest absolute Gasteiger partial charge is 0.204 e. The number of halogens is 1. The molecule has 1 fully saturated rings. The van der Waals surface area contributed by atoms with Crippen LogP contribution < -0.4 is 0 Å². The lowest BCUT2D eigenvalue weighted by Crippen LogP contribution is -2.32. The first-order valence-electron chi connectivity index (χ1n) is 7.21. The Kier molecular flexibility index (Phi) is 4.15. The molecule has 106 valence electrons. The lowest BCUT2D eigenvalue weighted by Gasteiger charge is -2.34. The monoisotopic (exact) mass is 334 g/mol. The summed E-state index contributed by atoms with van der Waals surface area (Å²) in [5.41, 5.74) is 1.32. The predicted octanol–water partition coefficient (Wildman–Crippen LogP) is 3.69. The number of nitrogens with zero attached hydrogens (tertiary/aromatic N) is 4. The highest BCUT2D eigenvalue weighted by Gasteiger charge is 2.32. The van der Waals surface area contributed by atoms with Gasteiger partial charge in [-0.15, -0.1) is 10.2 Å². The van der Waals surface area contributed by atoms with Crippen molar-refractivity contribution in [3.05, 3.63) is 30.3 Å². The van der Waals surface area contributed by atoms with Crippen molar-refractivity contribution in [2.24, 2.45) is 5.41 Å². The molecule has 1 saturated carbocycles. The molecule has 0 N–H and O–H groups in total. The summed E-state index contributed by atoms with van der Waals surface area (Å²) in [6.45, 7) is 0.859.